The maximum atomic E-state index is 6.62. The van der Waals surface area contributed by atoms with E-state index in [0.29, 0.717) is 0 Å². The summed E-state index contributed by atoms with van der Waals surface area (Å²) < 4.78 is 15.1. The summed E-state index contributed by atoms with van der Waals surface area (Å²) in [5.74, 6) is 2.97. The lowest BCUT2D eigenvalue weighted by atomic mass is 9.82. The van der Waals surface area contributed by atoms with Crippen LogP contribution in [0, 0.1) is 0 Å². The first-order chi connectivity index (χ1) is 27.1. The molecule has 0 fully saturated rings. The fourth-order valence-electron chi connectivity index (χ4n) is 6.63. The van der Waals surface area contributed by atoms with Crippen molar-refractivity contribution in [3.63, 3.8) is 0 Å². The molecule has 302 valence electrons. The summed E-state index contributed by atoms with van der Waals surface area (Å²) in [7, 11) is 0. The van der Waals surface area contributed by atoms with E-state index in [0.717, 1.165) is 65.8 Å². The highest BCUT2D eigenvalue weighted by molar-refractivity contribution is 9.11. The fourth-order valence-corrected chi connectivity index (χ4v) is 7.55. The number of anilines is 4. The summed E-state index contributed by atoms with van der Waals surface area (Å²) in [4.78, 5) is 0. The molecule has 0 radical (unpaired) electrons. The molecule has 58 heavy (non-hydrogen) atoms. The molecule has 0 heterocycles. The van der Waals surface area contributed by atoms with E-state index < -0.39 is 0 Å². The highest BCUT2D eigenvalue weighted by Gasteiger charge is 2.23. The Balaban J connectivity index is 1.44. The van der Waals surface area contributed by atoms with Crippen LogP contribution in [0.25, 0.3) is 11.1 Å². The maximum Gasteiger partial charge on any atom is 0.150 e. The number of nitrogens with one attached hydrogen (secondary N) is 2. The summed E-state index contributed by atoms with van der Waals surface area (Å²) in [5.41, 5.74) is 10.6. The summed E-state index contributed by atoms with van der Waals surface area (Å²) >= 11 is 7.58. The van der Waals surface area contributed by atoms with E-state index in [1.807, 2.05) is 48.5 Å². The number of halogens is 2. The summed E-state index contributed by atoms with van der Waals surface area (Å²) in [5, 5.41) is 7.62. The minimum absolute atomic E-state index is 0.0265. The first kappa shape index (κ1) is 43.1. The van der Waals surface area contributed by atoms with E-state index in [-0.39, 0.29) is 21.7 Å². The second kappa shape index (κ2) is 16.6. The van der Waals surface area contributed by atoms with Gasteiger partial charge in [0.25, 0.3) is 0 Å². The van der Waals surface area contributed by atoms with Gasteiger partial charge in [0.1, 0.15) is 11.5 Å². The van der Waals surface area contributed by atoms with Gasteiger partial charge in [-0.25, -0.2) is 0 Å². The largest absolute Gasteiger partial charge is 0.454 e. The van der Waals surface area contributed by atoms with Crippen LogP contribution in [-0.4, -0.2) is 0 Å². The predicted molar refractivity (Wildman–Crippen MR) is 255 cm³/mol. The number of rotatable bonds is 9. The fraction of sp³-hybridized carbons (Fsp3) is 0.308. The number of ether oxygens (including phenoxy) is 2. The number of para-hydroxylation sites is 4. The monoisotopic (exact) mass is 900 g/mol. The van der Waals surface area contributed by atoms with Crippen molar-refractivity contribution in [3.05, 3.63) is 153 Å². The van der Waals surface area contributed by atoms with E-state index in [4.69, 9.17) is 9.47 Å². The van der Waals surface area contributed by atoms with E-state index in [9.17, 15) is 0 Å². The topological polar surface area (TPSA) is 42.5 Å². The van der Waals surface area contributed by atoms with Crippen molar-refractivity contribution in [2.24, 2.45) is 0 Å². The van der Waals surface area contributed by atoms with Crippen molar-refractivity contribution >= 4 is 54.6 Å². The minimum atomic E-state index is -0.0780. The van der Waals surface area contributed by atoms with Gasteiger partial charge >= 0.3 is 0 Å². The summed E-state index contributed by atoms with van der Waals surface area (Å²) in [6.45, 7) is 26.9. The molecule has 6 aromatic carbocycles. The lowest BCUT2D eigenvalue weighted by Crippen LogP contribution is -2.13. The Bertz CT molecular complexity index is 2250. The van der Waals surface area contributed by atoms with Crippen LogP contribution in [0.5, 0.6) is 23.0 Å². The molecule has 0 spiro atoms. The van der Waals surface area contributed by atoms with Gasteiger partial charge in [0.05, 0.1) is 20.3 Å². The van der Waals surface area contributed by atoms with Crippen LogP contribution in [0.2, 0.25) is 0 Å². The van der Waals surface area contributed by atoms with Gasteiger partial charge in [-0.1, -0.05) is 132 Å². The average Bonchev–Trinajstić information content (AvgIpc) is 3.13. The zero-order chi connectivity index (χ0) is 42.2. The average molecular weight is 903 g/mol. The molecule has 0 aliphatic rings. The molecule has 0 aliphatic carbocycles. The second-order valence-corrected chi connectivity index (χ2v) is 21.0. The van der Waals surface area contributed by atoms with E-state index in [1.165, 1.54) is 22.3 Å². The Hall–Kier alpha value is -4.52. The van der Waals surface area contributed by atoms with Crippen LogP contribution in [0.1, 0.15) is 105 Å². The molecule has 6 rings (SSSR count). The van der Waals surface area contributed by atoms with Crippen LogP contribution in [0.15, 0.2) is 130 Å². The van der Waals surface area contributed by atoms with Gasteiger partial charge < -0.3 is 20.1 Å². The smallest absolute Gasteiger partial charge is 0.150 e. The van der Waals surface area contributed by atoms with Crippen LogP contribution in [0.4, 0.5) is 22.7 Å². The molecule has 2 N–H and O–H groups in total. The SMILES string of the molecule is CC(C)(C)c1ccc(Oc2ccccc2Nc2ccc(C(C)(C)C)cc2-c2cc(C(C)(C)C)ccc2Nc2ccccc2Oc2ccc(C(C)(C)C)cc2Br)c(Br)c1. The van der Waals surface area contributed by atoms with Crippen molar-refractivity contribution in [3.8, 4) is 34.1 Å². The summed E-state index contributed by atoms with van der Waals surface area (Å²) in [6.07, 6.45) is 0. The zero-order valence-corrected chi connectivity index (χ0v) is 39.3. The van der Waals surface area contributed by atoms with Crippen molar-refractivity contribution in [1.82, 2.24) is 0 Å². The lowest BCUT2D eigenvalue weighted by molar-refractivity contribution is 0.480. The number of benzene rings is 6. The molecule has 0 aliphatic heterocycles. The van der Waals surface area contributed by atoms with E-state index in [2.05, 4.69) is 198 Å². The number of hydrogen-bond acceptors (Lipinski definition) is 4. The third-order valence-electron chi connectivity index (χ3n) is 10.4. The predicted octanol–water partition coefficient (Wildman–Crippen LogP) is 17.1. The molecule has 0 amide bonds. The molecular formula is C52H58Br2N2O2. The van der Waals surface area contributed by atoms with Gasteiger partial charge in [-0.05, 0) is 149 Å². The van der Waals surface area contributed by atoms with Gasteiger partial charge in [0.15, 0.2) is 11.5 Å². The molecule has 0 saturated heterocycles. The molecule has 0 unspecified atom stereocenters. The van der Waals surface area contributed by atoms with E-state index >= 15 is 0 Å². The molecule has 4 nitrogen and oxygen atoms in total. The second-order valence-electron chi connectivity index (χ2n) is 19.3. The first-order valence-corrected chi connectivity index (χ1v) is 21.6. The molecule has 6 aromatic rings. The van der Waals surface area contributed by atoms with Crippen molar-refractivity contribution in [2.75, 3.05) is 10.6 Å². The van der Waals surface area contributed by atoms with Gasteiger partial charge in [0, 0.05) is 22.5 Å². The maximum absolute atomic E-state index is 6.62. The lowest BCUT2D eigenvalue weighted by Gasteiger charge is -2.26. The van der Waals surface area contributed by atoms with Crippen LogP contribution < -0.4 is 20.1 Å². The van der Waals surface area contributed by atoms with Crippen LogP contribution in [0.3, 0.4) is 0 Å². The van der Waals surface area contributed by atoms with Crippen molar-refractivity contribution < 1.29 is 9.47 Å². The Kier molecular flexibility index (Phi) is 12.3. The molecule has 6 heteroatoms. The Morgan fingerprint density at radius 1 is 0.345 bits per heavy atom. The van der Waals surface area contributed by atoms with E-state index in [1.54, 1.807) is 0 Å². The van der Waals surface area contributed by atoms with Gasteiger partial charge in [-0.2, -0.15) is 0 Å². The van der Waals surface area contributed by atoms with Crippen molar-refractivity contribution in [2.45, 2.75) is 105 Å². The molecular weight excluding hydrogens is 844 g/mol. The molecule has 0 bridgehead atoms. The first-order valence-electron chi connectivity index (χ1n) is 20.1. The van der Waals surface area contributed by atoms with Gasteiger partial charge in [-0.15, -0.1) is 0 Å². The molecule has 0 aromatic heterocycles. The van der Waals surface area contributed by atoms with Gasteiger partial charge in [-0.3, -0.25) is 0 Å². The Labute approximate surface area is 364 Å². The summed E-state index contributed by atoms with van der Waals surface area (Å²) in [6, 6.07) is 42.4. The molecule has 0 saturated carbocycles. The van der Waals surface area contributed by atoms with Crippen LogP contribution >= 0.6 is 31.9 Å². The number of hydrogen-bond donors (Lipinski definition) is 2. The Morgan fingerprint density at radius 3 is 0.983 bits per heavy atom. The third-order valence-corrected chi connectivity index (χ3v) is 11.6. The van der Waals surface area contributed by atoms with Gasteiger partial charge in [0.2, 0.25) is 0 Å². The normalized spacial score (nSPS) is 12.3. The van der Waals surface area contributed by atoms with Crippen LogP contribution in [-0.2, 0) is 21.7 Å². The standard InChI is InChI=1S/C52H58Br2N2O2/c1-49(2,3)33-21-25-41(55-43-17-13-15-19-47(43)57-45-27-23-35(31-39(45)53)51(7,8)9)37(29-33)38-30-34(50(4,5)6)22-26-42(38)56-44-18-14-16-20-48(44)58-46-28-24-36(32-40(46)54)52(10,11)12/h13-32,55-56H,1-12H3. The highest BCUT2D eigenvalue weighted by atomic mass is 79.9. The minimum Gasteiger partial charge on any atom is -0.454 e. The quantitative estimate of drug-likeness (QED) is 0.152. The van der Waals surface area contributed by atoms with Crippen molar-refractivity contribution in [1.29, 1.82) is 0 Å². The third kappa shape index (κ3) is 10.2. The highest BCUT2D eigenvalue weighted by Crippen LogP contribution is 2.45. The zero-order valence-electron chi connectivity index (χ0n) is 36.1. The molecule has 0 atom stereocenters. The Morgan fingerprint density at radius 2 is 0.655 bits per heavy atom.